The molecular formula is C19H30N2O2. The summed E-state index contributed by atoms with van der Waals surface area (Å²) in [5.74, 6) is 0. The maximum Gasteiger partial charge on any atom is 0.410 e. The molecule has 0 aliphatic carbocycles. The molecule has 1 aromatic carbocycles. The number of aryl methyl sites for hydroxylation is 1. The molecule has 1 aliphatic rings. The van der Waals surface area contributed by atoms with Crippen LogP contribution in [0.4, 0.5) is 4.79 Å². The fraction of sp³-hybridized carbons (Fsp3) is 0.632. The molecule has 0 radical (unpaired) electrons. The van der Waals surface area contributed by atoms with Crippen LogP contribution in [0.5, 0.6) is 0 Å². The molecule has 1 saturated heterocycles. The van der Waals surface area contributed by atoms with Crippen LogP contribution in [0, 0.1) is 0 Å². The maximum atomic E-state index is 12.2. The standard InChI is InChI=1S/C19H30N2O2/c1-19(2,3)23-18(22)21-14-8-13-20(15-16-21)12-7-11-17-9-5-4-6-10-17/h4-6,9-10H,7-8,11-16H2,1-3H3. The largest absolute Gasteiger partial charge is 0.444 e. The third-order valence-corrected chi connectivity index (χ3v) is 4.02. The van der Waals surface area contributed by atoms with Crippen LogP contribution in [0.25, 0.3) is 0 Å². The zero-order valence-corrected chi connectivity index (χ0v) is 14.8. The summed E-state index contributed by atoms with van der Waals surface area (Å²) in [6.07, 6.45) is 3.12. The predicted molar refractivity (Wildman–Crippen MR) is 93.6 cm³/mol. The van der Waals surface area contributed by atoms with Crippen molar-refractivity contribution in [3.63, 3.8) is 0 Å². The first-order valence-electron chi connectivity index (χ1n) is 8.68. The number of carbonyl (C=O) groups excluding carboxylic acids is 1. The number of benzene rings is 1. The normalized spacial score (nSPS) is 16.9. The lowest BCUT2D eigenvalue weighted by Gasteiger charge is -2.26. The first-order valence-corrected chi connectivity index (χ1v) is 8.68. The van der Waals surface area contributed by atoms with Crippen LogP contribution in [-0.2, 0) is 11.2 Å². The fourth-order valence-corrected chi connectivity index (χ4v) is 2.86. The molecule has 1 heterocycles. The van der Waals surface area contributed by atoms with E-state index in [0.717, 1.165) is 52.0 Å². The number of nitrogens with zero attached hydrogens (tertiary/aromatic N) is 2. The van der Waals surface area contributed by atoms with Crippen molar-refractivity contribution in [2.45, 2.75) is 45.6 Å². The molecule has 0 unspecified atom stereocenters. The van der Waals surface area contributed by atoms with E-state index in [-0.39, 0.29) is 6.09 Å². The second kappa shape index (κ2) is 8.34. The molecule has 0 aromatic heterocycles. The zero-order valence-electron chi connectivity index (χ0n) is 14.8. The molecule has 1 aromatic rings. The zero-order chi connectivity index (χ0) is 16.7. The molecular weight excluding hydrogens is 288 g/mol. The molecule has 23 heavy (non-hydrogen) atoms. The smallest absolute Gasteiger partial charge is 0.410 e. The topological polar surface area (TPSA) is 32.8 Å². The van der Waals surface area contributed by atoms with Gasteiger partial charge in [-0.05, 0) is 58.7 Å². The van der Waals surface area contributed by atoms with Gasteiger partial charge in [0, 0.05) is 19.6 Å². The molecule has 1 fully saturated rings. The van der Waals surface area contributed by atoms with Gasteiger partial charge in [-0.15, -0.1) is 0 Å². The number of ether oxygens (including phenoxy) is 1. The molecule has 4 nitrogen and oxygen atoms in total. The summed E-state index contributed by atoms with van der Waals surface area (Å²) in [5, 5.41) is 0. The van der Waals surface area contributed by atoms with Gasteiger partial charge in [0.2, 0.25) is 0 Å². The minimum Gasteiger partial charge on any atom is -0.444 e. The van der Waals surface area contributed by atoms with Crippen molar-refractivity contribution in [2.75, 3.05) is 32.7 Å². The van der Waals surface area contributed by atoms with Gasteiger partial charge in [-0.1, -0.05) is 30.3 Å². The summed E-state index contributed by atoms with van der Waals surface area (Å²) in [4.78, 5) is 16.5. The summed E-state index contributed by atoms with van der Waals surface area (Å²) >= 11 is 0. The number of amides is 1. The van der Waals surface area contributed by atoms with Crippen LogP contribution in [0.1, 0.15) is 39.2 Å². The van der Waals surface area contributed by atoms with E-state index in [1.165, 1.54) is 5.56 Å². The van der Waals surface area contributed by atoms with Crippen molar-refractivity contribution in [3.05, 3.63) is 35.9 Å². The lowest BCUT2D eigenvalue weighted by Crippen LogP contribution is -2.39. The van der Waals surface area contributed by atoms with Crippen LogP contribution in [0.2, 0.25) is 0 Å². The van der Waals surface area contributed by atoms with E-state index in [1.54, 1.807) is 0 Å². The third kappa shape index (κ3) is 6.61. The molecule has 0 bridgehead atoms. The predicted octanol–water partition coefficient (Wildman–Crippen LogP) is 3.56. The van der Waals surface area contributed by atoms with Crippen molar-refractivity contribution in [1.82, 2.24) is 9.80 Å². The SMILES string of the molecule is CC(C)(C)OC(=O)N1CCCN(CCCc2ccccc2)CC1. The minimum atomic E-state index is -0.418. The summed E-state index contributed by atoms with van der Waals surface area (Å²) in [7, 11) is 0. The van der Waals surface area contributed by atoms with Gasteiger partial charge >= 0.3 is 6.09 Å². The first-order chi connectivity index (χ1) is 10.9. The van der Waals surface area contributed by atoms with Gasteiger partial charge in [0.25, 0.3) is 0 Å². The van der Waals surface area contributed by atoms with E-state index in [4.69, 9.17) is 4.74 Å². The van der Waals surface area contributed by atoms with Gasteiger partial charge in [-0.2, -0.15) is 0 Å². The Morgan fingerprint density at radius 3 is 2.52 bits per heavy atom. The lowest BCUT2D eigenvalue weighted by molar-refractivity contribution is 0.0257. The van der Waals surface area contributed by atoms with Crippen LogP contribution >= 0.6 is 0 Å². The highest BCUT2D eigenvalue weighted by Gasteiger charge is 2.24. The van der Waals surface area contributed by atoms with E-state index in [9.17, 15) is 4.79 Å². The Hall–Kier alpha value is -1.55. The maximum absolute atomic E-state index is 12.2. The van der Waals surface area contributed by atoms with Crippen LogP contribution in [0.3, 0.4) is 0 Å². The van der Waals surface area contributed by atoms with Crippen LogP contribution in [-0.4, -0.2) is 54.2 Å². The number of hydrogen-bond donors (Lipinski definition) is 0. The highest BCUT2D eigenvalue weighted by Crippen LogP contribution is 2.12. The van der Waals surface area contributed by atoms with Crippen molar-refractivity contribution >= 4 is 6.09 Å². The Morgan fingerprint density at radius 1 is 1.09 bits per heavy atom. The molecule has 1 amide bonds. The van der Waals surface area contributed by atoms with Crippen LogP contribution in [0.15, 0.2) is 30.3 Å². The van der Waals surface area contributed by atoms with Gasteiger partial charge in [-0.3, -0.25) is 0 Å². The van der Waals surface area contributed by atoms with Gasteiger partial charge in [0.1, 0.15) is 5.60 Å². The van der Waals surface area contributed by atoms with E-state index in [1.807, 2.05) is 25.7 Å². The van der Waals surface area contributed by atoms with E-state index in [0.29, 0.717) is 0 Å². The Kier molecular flexibility index (Phi) is 6.46. The van der Waals surface area contributed by atoms with Crippen molar-refractivity contribution < 1.29 is 9.53 Å². The van der Waals surface area contributed by atoms with Gasteiger partial charge in [0.05, 0.1) is 0 Å². The van der Waals surface area contributed by atoms with E-state index >= 15 is 0 Å². The summed E-state index contributed by atoms with van der Waals surface area (Å²) in [6.45, 7) is 10.4. The van der Waals surface area contributed by atoms with Crippen LogP contribution < -0.4 is 0 Å². The lowest BCUT2D eigenvalue weighted by atomic mass is 10.1. The molecule has 0 saturated carbocycles. The third-order valence-electron chi connectivity index (χ3n) is 4.02. The van der Waals surface area contributed by atoms with Crippen molar-refractivity contribution in [2.24, 2.45) is 0 Å². The fourth-order valence-electron chi connectivity index (χ4n) is 2.86. The average molecular weight is 318 g/mol. The van der Waals surface area contributed by atoms with Crippen molar-refractivity contribution in [3.8, 4) is 0 Å². The second-order valence-corrected chi connectivity index (χ2v) is 7.25. The number of hydrogen-bond acceptors (Lipinski definition) is 3. The molecule has 0 spiro atoms. The highest BCUT2D eigenvalue weighted by atomic mass is 16.6. The summed E-state index contributed by atoms with van der Waals surface area (Å²) in [5.41, 5.74) is 0.983. The monoisotopic (exact) mass is 318 g/mol. The Morgan fingerprint density at radius 2 is 1.83 bits per heavy atom. The van der Waals surface area contributed by atoms with Gasteiger partial charge in [0.15, 0.2) is 0 Å². The Labute approximate surface area is 140 Å². The number of rotatable bonds is 4. The van der Waals surface area contributed by atoms with Gasteiger partial charge in [-0.25, -0.2) is 4.79 Å². The van der Waals surface area contributed by atoms with E-state index in [2.05, 4.69) is 35.2 Å². The molecule has 128 valence electrons. The molecule has 0 N–H and O–H groups in total. The van der Waals surface area contributed by atoms with Gasteiger partial charge < -0.3 is 14.5 Å². The Balaban J connectivity index is 1.72. The first kappa shape index (κ1) is 17.8. The summed E-state index contributed by atoms with van der Waals surface area (Å²) < 4.78 is 5.48. The average Bonchev–Trinajstić information content (AvgIpc) is 2.72. The molecule has 1 aliphatic heterocycles. The molecule has 0 atom stereocenters. The quantitative estimate of drug-likeness (QED) is 0.851. The molecule has 2 rings (SSSR count). The second-order valence-electron chi connectivity index (χ2n) is 7.25. The molecule has 4 heteroatoms. The number of carbonyl (C=O) groups is 1. The Bertz CT molecular complexity index is 482. The van der Waals surface area contributed by atoms with E-state index < -0.39 is 5.60 Å². The minimum absolute atomic E-state index is 0.177. The van der Waals surface area contributed by atoms with Crippen molar-refractivity contribution in [1.29, 1.82) is 0 Å². The summed E-state index contributed by atoms with van der Waals surface area (Å²) in [6, 6.07) is 10.6. The highest BCUT2D eigenvalue weighted by molar-refractivity contribution is 5.68.